The summed E-state index contributed by atoms with van der Waals surface area (Å²) in [4.78, 5) is 21.8. The Morgan fingerprint density at radius 3 is 2.59 bits per heavy atom. The van der Waals surface area contributed by atoms with Gasteiger partial charge in [0.15, 0.2) is 5.82 Å². The third-order valence-corrected chi connectivity index (χ3v) is 8.59. The number of piperazine rings is 1. The Balaban J connectivity index is 1.34. The van der Waals surface area contributed by atoms with Gasteiger partial charge in [0.2, 0.25) is 10.0 Å². The number of H-pyrrole nitrogens is 1. The highest BCUT2D eigenvalue weighted by molar-refractivity contribution is 7.89. The quantitative estimate of drug-likeness (QED) is 0.571. The lowest BCUT2D eigenvalue weighted by Crippen LogP contribution is -2.47. The van der Waals surface area contributed by atoms with Crippen molar-refractivity contribution in [2.24, 2.45) is 0 Å². The van der Waals surface area contributed by atoms with E-state index in [1.807, 2.05) is 31.3 Å². The fraction of sp³-hybridized carbons (Fsp3) is 0.391. The zero-order valence-corrected chi connectivity index (χ0v) is 20.5. The normalized spacial score (nSPS) is 18.2. The summed E-state index contributed by atoms with van der Waals surface area (Å²) in [7, 11) is -1.63. The highest BCUT2D eigenvalue weighted by Crippen LogP contribution is 2.21. The van der Waals surface area contributed by atoms with Gasteiger partial charge in [-0.25, -0.2) is 18.1 Å². The average Bonchev–Trinajstić information content (AvgIpc) is 3.15. The number of hydrogen-bond acceptors (Lipinski definition) is 6. The van der Waals surface area contributed by atoms with Crippen molar-refractivity contribution >= 4 is 21.6 Å². The van der Waals surface area contributed by atoms with Gasteiger partial charge in [-0.15, -0.1) is 0 Å². The summed E-state index contributed by atoms with van der Waals surface area (Å²) in [5.41, 5.74) is 2.59. The molecule has 3 aromatic rings. The van der Waals surface area contributed by atoms with Crippen LogP contribution in [0.15, 0.2) is 52.3 Å². The molecule has 0 atom stereocenters. The number of likely N-dealkylation sites (N-methyl/N-ethyl adjacent to an activating group) is 1. The third-order valence-electron chi connectivity index (χ3n) is 6.48. The Kier molecular flexibility index (Phi) is 6.34. The number of rotatable bonds is 5. The number of aromatic amines is 1. The summed E-state index contributed by atoms with van der Waals surface area (Å²) in [5.74, 6) is 0.373. The van der Waals surface area contributed by atoms with Crippen LogP contribution in [0.3, 0.4) is 0 Å². The maximum Gasteiger partial charge on any atom is 0.276 e. The second-order valence-electron chi connectivity index (χ2n) is 8.86. The van der Waals surface area contributed by atoms with E-state index in [1.165, 1.54) is 21.3 Å². The smallest absolute Gasteiger partial charge is 0.276 e. The lowest BCUT2D eigenvalue weighted by molar-refractivity contribution is 0.222. The molecule has 2 aromatic heterocycles. The van der Waals surface area contributed by atoms with Crippen molar-refractivity contribution in [2.45, 2.75) is 24.4 Å². The van der Waals surface area contributed by atoms with E-state index in [4.69, 9.17) is 11.6 Å². The predicted octanol–water partition coefficient (Wildman–Crippen LogP) is 1.71. The summed E-state index contributed by atoms with van der Waals surface area (Å²) < 4.78 is 28.8. The van der Waals surface area contributed by atoms with Gasteiger partial charge >= 0.3 is 0 Å². The minimum atomic E-state index is -3.61. The molecule has 1 saturated heterocycles. The van der Waals surface area contributed by atoms with E-state index in [2.05, 4.69) is 19.9 Å². The zero-order valence-electron chi connectivity index (χ0n) is 18.9. The molecule has 0 spiro atoms. The fourth-order valence-corrected chi connectivity index (χ4v) is 6.08. The average molecular weight is 503 g/mol. The summed E-state index contributed by atoms with van der Waals surface area (Å²) in [6.45, 7) is 4.42. The first kappa shape index (κ1) is 23.3. The molecule has 1 aromatic carbocycles. The standard InChI is InChI=1S/C23H27ClN6O3S/c1-27-9-11-29(12-10-27)34(32,33)19-5-6-22(25-14-19)30-23(31)20-7-8-28(16-21(20)26-30)15-17-3-2-4-18(24)13-17/h2-6,13-14,26H,7-12,15-16H2,1H3. The van der Waals surface area contributed by atoms with Crippen molar-refractivity contribution in [1.82, 2.24) is 28.9 Å². The summed E-state index contributed by atoms with van der Waals surface area (Å²) in [6, 6.07) is 10.9. The summed E-state index contributed by atoms with van der Waals surface area (Å²) >= 11 is 6.11. The first-order chi connectivity index (χ1) is 16.3. The minimum absolute atomic E-state index is 0.137. The molecule has 2 aliphatic heterocycles. The molecule has 1 N–H and O–H groups in total. The number of sulfonamides is 1. The van der Waals surface area contributed by atoms with Gasteiger partial charge in [0.1, 0.15) is 4.90 Å². The molecule has 0 amide bonds. The number of aromatic nitrogens is 3. The van der Waals surface area contributed by atoms with Crippen molar-refractivity contribution in [3.8, 4) is 5.82 Å². The molecule has 1 fully saturated rings. The number of halogens is 1. The molecular weight excluding hydrogens is 476 g/mol. The van der Waals surface area contributed by atoms with Crippen molar-refractivity contribution < 1.29 is 8.42 Å². The molecule has 34 heavy (non-hydrogen) atoms. The number of fused-ring (bicyclic) bond motifs is 1. The van der Waals surface area contributed by atoms with Crippen LogP contribution in [0, 0.1) is 0 Å². The van der Waals surface area contributed by atoms with Gasteiger partial charge in [-0.3, -0.25) is 14.8 Å². The molecule has 0 bridgehead atoms. The van der Waals surface area contributed by atoms with Crippen LogP contribution >= 0.6 is 11.6 Å². The zero-order chi connectivity index (χ0) is 23.9. The van der Waals surface area contributed by atoms with Crippen molar-refractivity contribution in [1.29, 1.82) is 0 Å². The van der Waals surface area contributed by atoms with Crippen LogP contribution in [0.5, 0.6) is 0 Å². The van der Waals surface area contributed by atoms with E-state index < -0.39 is 10.0 Å². The van der Waals surface area contributed by atoms with E-state index in [0.717, 1.165) is 29.9 Å². The molecule has 5 rings (SSSR count). The van der Waals surface area contributed by atoms with Gasteiger partial charge in [-0.1, -0.05) is 23.7 Å². The van der Waals surface area contributed by atoms with E-state index >= 15 is 0 Å². The monoisotopic (exact) mass is 502 g/mol. The highest BCUT2D eigenvalue weighted by atomic mass is 35.5. The molecule has 11 heteroatoms. The third kappa shape index (κ3) is 4.56. The number of nitrogens with zero attached hydrogens (tertiary/aromatic N) is 5. The molecule has 4 heterocycles. The highest BCUT2D eigenvalue weighted by Gasteiger charge is 2.28. The maximum atomic E-state index is 13.0. The van der Waals surface area contributed by atoms with Gasteiger partial charge in [0, 0.05) is 62.6 Å². The lowest BCUT2D eigenvalue weighted by atomic mass is 10.1. The van der Waals surface area contributed by atoms with Crippen LogP contribution in [0.1, 0.15) is 16.8 Å². The van der Waals surface area contributed by atoms with E-state index in [1.54, 1.807) is 6.07 Å². The predicted molar refractivity (Wildman–Crippen MR) is 130 cm³/mol. The van der Waals surface area contributed by atoms with Crippen molar-refractivity contribution in [3.05, 3.63) is 74.8 Å². The molecule has 9 nitrogen and oxygen atoms in total. The Morgan fingerprint density at radius 1 is 1.09 bits per heavy atom. The summed E-state index contributed by atoms with van der Waals surface area (Å²) in [5, 5.41) is 3.89. The van der Waals surface area contributed by atoms with Crippen LogP contribution in [0.2, 0.25) is 5.02 Å². The molecule has 0 radical (unpaired) electrons. The number of pyridine rings is 1. The lowest BCUT2D eigenvalue weighted by Gasteiger charge is -2.31. The van der Waals surface area contributed by atoms with Gasteiger partial charge in [0.05, 0.1) is 5.69 Å². The van der Waals surface area contributed by atoms with E-state index in [-0.39, 0.29) is 10.5 Å². The van der Waals surface area contributed by atoms with Gasteiger partial charge in [-0.2, -0.15) is 4.31 Å². The molecule has 0 aliphatic carbocycles. The fourth-order valence-electron chi connectivity index (χ4n) is 4.50. The second kappa shape index (κ2) is 9.27. The van der Waals surface area contributed by atoms with Gasteiger partial charge in [0.25, 0.3) is 5.56 Å². The molecular formula is C23H27ClN6O3S. The van der Waals surface area contributed by atoms with Crippen LogP contribution in [0.25, 0.3) is 5.82 Å². The van der Waals surface area contributed by atoms with Crippen molar-refractivity contribution in [3.63, 3.8) is 0 Å². The number of benzene rings is 1. The van der Waals surface area contributed by atoms with Gasteiger partial charge in [-0.05, 0) is 43.3 Å². The maximum absolute atomic E-state index is 13.0. The largest absolute Gasteiger partial charge is 0.304 e. The Morgan fingerprint density at radius 2 is 1.88 bits per heavy atom. The van der Waals surface area contributed by atoms with Gasteiger partial charge < -0.3 is 4.90 Å². The van der Waals surface area contributed by atoms with Crippen LogP contribution in [-0.2, 0) is 29.5 Å². The first-order valence-electron chi connectivity index (χ1n) is 11.3. The number of nitrogens with one attached hydrogen (secondary N) is 1. The molecule has 0 saturated carbocycles. The Bertz CT molecular complexity index is 1340. The SMILES string of the molecule is CN1CCN(S(=O)(=O)c2ccc(-n3[nH]c4c(c3=O)CCN(Cc3cccc(Cl)c3)C4)nc2)CC1. The molecule has 2 aliphatic rings. The Labute approximate surface area is 203 Å². The molecule has 180 valence electrons. The second-order valence-corrected chi connectivity index (χ2v) is 11.2. The molecule has 0 unspecified atom stereocenters. The summed E-state index contributed by atoms with van der Waals surface area (Å²) in [6.07, 6.45) is 1.97. The van der Waals surface area contributed by atoms with Crippen LogP contribution in [0.4, 0.5) is 0 Å². The van der Waals surface area contributed by atoms with E-state index in [0.29, 0.717) is 50.0 Å². The van der Waals surface area contributed by atoms with Crippen LogP contribution in [-0.4, -0.2) is 77.1 Å². The Hall–Kier alpha value is -2.50. The van der Waals surface area contributed by atoms with E-state index in [9.17, 15) is 13.2 Å². The topological polar surface area (TPSA) is 94.5 Å². The first-order valence-corrected chi connectivity index (χ1v) is 13.1. The number of hydrogen-bond donors (Lipinski definition) is 1. The minimum Gasteiger partial charge on any atom is -0.304 e. The van der Waals surface area contributed by atoms with Crippen molar-refractivity contribution in [2.75, 3.05) is 39.8 Å². The van der Waals surface area contributed by atoms with Crippen LogP contribution < -0.4 is 5.56 Å².